The Bertz CT molecular complexity index is 732. The molecule has 0 radical (unpaired) electrons. The quantitative estimate of drug-likeness (QED) is 0.882. The highest BCUT2D eigenvalue weighted by atomic mass is 79.9. The van der Waals surface area contributed by atoms with Crippen LogP contribution in [-0.4, -0.2) is 13.4 Å². The topological polar surface area (TPSA) is 85.1 Å². The van der Waals surface area contributed by atoms with Crippen LogP contribution in [0.4, 0.5) is 11.5 Å². The number of benzene rings is 1. The van der Waals surface area contributed by atoms with E-state index < -0.39 is 10.0 Å². The molecule has 2 rings (SSSR count). The number of nitrogens with one attached hydrogen (secondary N) is 1. The highest BCUT2D eigenvalue weighted by Gasteiger charge is 2.16. The van der Waals surface area contributed by atoms with Gasteiger partial charge in [-0.15, -0.1) is 0 Å². The maximum atomic E-state index is 12.3. The van der Waals surface area contributed by atoms with Gasteiger partial charge in [-0.2, -0.15) is 0 Å². The maximum Gasteiger partial charge on any atom is 0.262 e. The summed E-state index contributed by atoms with van der Waals surface area (Å²) in [5.41, 5.74) is 6.98. The summed E-state index contributed by atoms with van der Waals surface area (Å²) < 4.78 is 28.1. The molecule has 0 atom stereocenters. The van der Waals surface area contributed by atoms with Crippen molar-refractivity contribution in [2.75, 3.05) is 10.5 Å². The molecule has 0 aliphatic heterocycles. The molecule has 7 heteroatoms. The van der Waals surface area contributed by atoms with Crippen LogP contribution in [0.25, 0.3) is 0 Å². The second-order valence-corrected chi connectivity index (χ2v) is 6.78. The Kier molecular flexibility index (Phi) is 4.29. The maximum absolute atomic E-state index is 12.3. The molecule has 0 saturated heterocycles. The Balaban J connectivity index is 2.38. The third kappa shape index (κ3) is 3.29. The minimum atomic E-state index is -3.67. The van der Waals surface area contributed by atoms with Gasteiger partial charge in [0.2, 0.25) is 0 Å². The number of pyridine rings is 1. The molecular formula is C13H14BrN3O2S. The number of rotatable bonds is 4. The number of aromatic nitrogens is 1. The molecule has 0 amide bonds. The number of nitrogen functional groups attached to an aromatic ring is 1. The molecule has 1 aromatic carbocycles. The van der Waals surface area contributed by atoms with Crippen molar-refractivity contribution in [3.8, 4) is 0 Å². The van der Waals surface area contributed by atoms with Crippen molar-refractivity contribution in [2.24, 2.45) is 0 Å². The zero-order valence-electron chi connectivity index (χ0n) is 10.8. The van der Waals surface area contributed by atoms with E-state index in [1.807, 2.05) is 13.0 Å². The van der Waals surface area contributed by atoms with Crippen LogP contribution in [0.5, 0.6) is 0 Å². The van der Waals surface area contributed by atoms with E-state index in [9.17, 15) is 8.42 Å². The average Bonchev–Trinajstić information content (AvgIpc) is 2.40. The van der Waals surface area contributed by atoms with Gasteiger partial charge in [-0.1, -0.05) is 22.9 Å². The van der Waals surface area contributed by atoms with Gasteiger partial charge in [-0.05, 0) is 36.2 Å². The van der Waals surface area contributed by atoms with Gasteiger partial charge < -0.3 is 5.73 Å². The number of hydrogen-bond donors (Lipinski definition) is 2. The molecule has 0 saturated carbocycles. The first-order chi connectivity index (χ1) is 9.42. The minimum absolute atomic E-state index is 0.0926. The Labute approximate surface area is 126 Å². The normalized spacial score (nSPS) is 11.3. The molecule has 20 heavy (non-hydrogen) atoms. The summed E-state index contributed by atoms with van der Waals surface area (Å²) in [6, 6.07) is 8.14. The third-order valence-corrected chi connectivity index (χ3v) is 4.61. The molecule has 0 aliphatic rings. The summed E-state index contributed by atoms with van der Waals surface area (Å²) in [5.74, 6) is 0.166. The lowest BCUT2D eigenvalue weighted by molar-refractivity contribution is 0.601. The fraction of sp³-hybridized carbons (Fsp3) is 0.154. The Morgan fingerprint density at radius 3 is 2.70 bits per heavy atom. The molecule has 0 spiro atoms. The van der Waals surface area contributed by atoms with Gasteiger partial charge in [0.1, 0.15) is 5.82 Å². The van der Waals surface area contributed by atoms with Crippen LogP contribution in [-0.2, 0) is 16.4 Å². The molecule has 0 bridgehead atoms. The lowest BCUT2D eigenvalue weighted by atomic mass is 10.1. The molecule has 1 aromatic heterocycles. The largest absolute Gasteiger partial charge is 0.384 e. The first-order valence-electron chi connectivity index (χ1n) is 5.95. The van der Waals surface area contributed by atoms with Gasteiger partial charge >= 0.3 is 0 Å². The Morgan fingerprint density at radius 2 is 2.05 bits per heavy atom. The van der Waals surface area contributed by atoms with Crippen molar-refractivity contribution < 1.29 is 8.42 Å². The number of sulfonamides is 1. The first-order valence-corrected chi connectivity index (χ1v) is 8.23. The second kappa shape index (κ2) is 5.80. The van der Waals surface area contributed by atoms with Gasteiger partial charge in [0.15, 0.2) is 0 Å². The average molecular weight is 356 g/mol. The van der Waals surface area contributed by atoms with Crippen LogP contribution >= 0.6 is 15.9 Å². The van der Waals surface area contributed by atoms with E-state index in [0.717, 1.165) is 16.5 Å². The molecular weight excluding hydrogens is 342 g/mol. The van der Waals surface area contributed by atoms with E-state index in [-0.39, 0.29) is 10.7 Å². The van der Waals surface area contributed by atoms with E-state index in [0.29, 0.717) is 5.69 Å². The number of hydrogen-bond acceptors (Lipinski definition) is 4. The van der Waals surface area contributed by atoms with E-state index in [2.05, 4.69) is 25.6 Å². The van der Waals surface area contributed by atoms with Crippen molar-refractivity contribution in [1.82, 2.24) is 4.98 Å². The molecule has 0 aliphatic carbocycles. The number of halogens is 1. The van der Waals surface area contributed by atoms with Crippen molar-refractivity contribution in [1.29, 1.82) is 0 Å². The zero-order chi connectivity index (χ0) is 14.8. The minimum Gasteiger partial charge on any atom is -0.384 e. The summed E-state index contributed by atoms with van der Waals surface area (Å²) in [6.45, 7) is 1.96. The smallest absolute Gasteiger partial charge is 0.262 e. The summed E-state index contributed by atoms with van der Waals surface area (Å²) in [7, 11) is -3.67. The molecule has 1 heterocycles. The Morgan fingerprint density at radius 1 is 1.30 bits per heavy atom. The van der Waals surface area contributed by atoms with Crippen molar-refractivity contribution in [3.63, 3.8) is 0 Å². The van der Waals surface area contributed by atoms with E-state index in [1.54, 1.807) is 12.1 Å². The fourth-order valence-corrected chi connectivity index (χ4v) is 3.28. The summed E-state index contributed by atoms with van der Waals surface area (Å²) >= 11 is 3.37. The number of nitrogens with zero attached hydrogens (tertiary/aromatic N) is 1. The predicted octanol–water partition coefficient (Wildman–Crippen LogP) is 2.79. The summed E-state index contributed by atoms with van der Waals surface area (Å²) in [4.78, 5) is 3.88. The summed E-state index contributed by atoms with van der Waals surface area (Å²) in [5, 5.41) is 0. The lowest BCUT2D eigenvalue weighted by Gasteiger charge is -2.12. The second-order valence-electron chi connectivity index (χ2n) is 4.18. The molecule has 0 unspecified atom stereocenters. The standard InChI is InChI=1S/C13H14BrN3O2S/c1-2-9-7-10(14)3-4-12(9)17-20(18,19)11-5-6-16-13(15)8-11/h3-8,17H,2H2,1H3,(H2,15,16). The fourth-order valence-electron chi connectivity index (χ4n) is 1.75. The number of nitrogens with two attached hydrogens (primary N) is 1. The number of anilines is 2. The molecule has 0 fully saturated rings. The van der Waals surface area contributed by atoms with Gasteiger partial charge in [0, 0.05) is 16.7 Å². The zero-order valence-corrected chi connectivity index (χ0v) is 13.2. The predicted molar refractivity (Wildman–Crippen MR) is 83.0 cm³/mol. The molecule has 3 N–H and O–H groups in total. The van der Waals surface area contributed by atoms with Gasteiger partial charge in [-0.25, -0.2) is 13.4 Å². The highest BCUT2D eigenvalue weighted by molar-refractivity contribution is 9.10. The van der Waals surface area contributed by atoms with Crippen LogP contribution in [0.3, 0.4) is 0 Å². The van der Waals surface area contributed by atoms with Crippen LogP contribution in [0.2, 0.25) is 0 Å². The van der Waals surface area contributed by atoms with E-state index >= 15 is 0 Å². The third-order valence-electron chi connectivity index (χ3n) is 2.76. The Hall–Kier alpha value is -1.60. The molecule has 5 nitrogen and oxygen atoms in total. The molecule has 106 valence electrons. The van der Waals surface area contributed by atoms with Gasteiger partial charge in [0.05, 0.1) is 10.6 Å². The summed E-state index contributed by atoms with van der Waals surface area (Å²) in [6.07, 6.45) is 2.09. The van der Waals surface area contributed by atoms with Crippen LogP contribution in [0, 0.1) is 0 Å². The van der Waals surface area contributed by atoms with Gasteiger partial charge in [-0.3, -0.25) is 4.72 Å². The first kappa shape index (κ1) is 14.8. The lowest BCUT2D eigenvalue weighted by Crippen LogP contribution is -2.14. The van der Waals surface area contributed by atoms with Crippen molar-refractivity contribution in [2.45, 2.75) is 18.2 Å². The monoisotopic (exact) mass is 355 g/mol. The highest BCUT2D eigenvalue weighted by Crippen LogP contribution is 2.24. The van der Waals surface area contributed by atoms with Crippen LogP contribution in [0.15, 0.2) is 45.9 Å². The van der Waals surface area contributed by atoms with Gasteiger partial charge in [0.25, 0.3) is 10.0 Å². The van der Waals surface area contributed by atoms with Crippen molar-refractivity contribution >= 4 is 37.5 Å². The van der Waals surface area contributed by atoms with E-state index in [1.165, 1.54) is 18.3 Å². The van der Waals surface area contributed by atoms with Crippen LogP contribution in [0.1, 0.15) is 12.5 Å². The number of aryl methyl sites for hydroxylation is 1. The SMILES string of the molecule is CCc1cc(Br)ccc1NS(=O)(=O)c1ccnc(N)c1. The van der Waals surface area contributed by atoms with Crippen LogP contribution < -0.4 is 10.5 Å². The molecule has 2 aromatic rings. The van der Waals surface area contributed by atoms with E-state index in [4.69, 9.17) is 5.73 Å². The van der Waals surface area contributed by atoms with Crippen molar-refractivity contribution in [3.05, 3.63) is 46.6 Å².